The van der Waals surface area contributed by atoms with Gasteiger partial charge in [-0.25, -0.2) is 4.98 Å². The summed E-state index contributed by atoms with van der Waals surface area (Å²) in [6.07, 6.45) is 6.33. The second-order valence-corrected chi connectivity index (χ2v) is 4.32. The van der Waals surface area contributed by atoms with Gasteiger partial charge in [0.1, 0.15) is 0 Å². The van der Waals surface area contributed by atoms with E-state index in [0.717, 1.165) is 6.42 Å². The third kappa shape index (κ3) is 4.23. The monoisotopic (exact) mass is 242 g/mol. The van der Waals surface area contributed by atoms with Crippen molar-refractivity contribution in [3.05, 3.63) is 11.5 Å². The van der Waals surface area contributed by atoms with Gasteiger partial charge in [0, 0.05) is 6.04 Å². The fraction of sp³-hybridized carbons (Fsp3) is 0.636. The molecule has 5 heteroatoms. The zero-order chi connectivity index (χ0) is 12.0. The van der Waals surface area contributed by atoms with Crippen molar-refractivity contribution in [2.24, 2.45) is 0 Å². The Balaban J connectivity index is 2.48. The molecular formula is C11H19ClN4. The Hall–Kier alpha value is -1.03. The van der Waals surface area contributed by atoms with Crippen molar-refractivity contribution in [2.75, 3.05) is 11.1 Å². The molecule has 0 aliphatic rings. The van der Waals surface area contributed by atoms with E-state index >= 15 is 0 Å². The van der Waals surface area contributed by atoms with Crippen LogP contribution in [0.5, 0.6) is 0 Å². The molecule has 0 bridgehead atoms. The topological polar surface area (TPSA) is 63.8 Å². The molecule has 16 heavy (non-hydrogen) atoms. The smallest absolute Gasteiger partial charge is 0.224 e. The first kappa shape index (κ1) is 13.0. The quantitative estimate of drug-likeness (QED) is 0.594. The molecule has 1 rings (SSSR count). The van der Waals surface area contributed by atoms with Crippen molar-refractivity contribution in [3.8, 4) is 0 Å². The molecule has 3 N–H and O–H groups in total. The third-order valence-corrected chi connectivity index (χ3v) is 2.59. The standard InChI is InChI=1S/C11H19ClN4/c1-3-4-5-6-8(2)15-10-9(13)7-14-11(12)16-10/h7-8H,3-6,13H2,1-2H3,(H,14,15,16). The fourth-order valence-corrected chi connectivity index (χ4v) is 1.62. The number of nitrogens with zero attached hydrogens (tertiary/aromatic N) is 2. The van der Waals surface area contributed by atoms with Gasteiger partial charge < -0.3 is 11.1 Å². The van der Waals surface area contributed by atoms with Crippen LogP contribution < -0.4 is 11.1 Å². The number of halogens is 1. The second kappa shape index (κ2) is 6.53. The van der Waals surface area contributed by atoms with Crippen molar-refractivity contribution >= 4 is 23.1 Å². The molecule has 1 atom stereocenters. The highest BCUT2D eigenvalue weighted by molar-refractivity contribution is 6.28. The van der Waals surface area contributed by atoms with Crippen LogP contribution in [0.1, 0.15) is 39.5 Å². The van der Waals surface area contributed by atoms with Gasteiger partial charge in [0.05, 0.1) is 11.9 Å². The number of unbranched alkanes of at least 4 members (excludes halogenated alkanes) is 2. The van der Waals surface area contributed by atoms with E-state index in [0.29, 0.717) is 17.5 Å². The van der Waals surface area contributed by atoms with Crippen LogP contribution in [0.2, 0.25) is 5.28 Å². The normalized spacial score (nSPS) is 12.4. The summed E-state index contributed by atoms with van der Waals surface area (Å²) < 4.78 is 0. The Labute approximate surface area is 102 Å². The van der Waals surface area contributed by atoms with Crippen LogP contribution in [0.4, 0.5) is 11.5 Å². The van der Waals surface area contributed by atoms with Crippen LogP contribution in [0, 0.1) is 0 Å². The van der Waals surface area contributed by atoms with Gasteiger partial charge >= 0.3 is 0 Å². The molecule has 0 radical (unpaired) electrons. The molecule has 0 saturated carbocycles. The minimum atomic E-state index is 0.220. The van der Waals surface area contributed by atoms with Gasteiger partial charge in [-0.15, -0.1) is 0 Å². The van der Waals surface area contributed by atoms with E-state index in [2.05, 4.69) is 29.1 Å². The zero-order valence-electron chi connectivity index (χ0n) is 9.83. The van der Waals surface area contributed by atoms with E-state index in [1.54, 1.807) is 0 Å². The summed E-state index contributed by atoms with van der Waals surface area (Å²) in [5.74, 6) is 0.629. The number of anilines is 2. The van der Waals surface area contributed by atoms with Crippen LogP contribution >= 0.6 is 11.6 Å². The van der Waals surface area contributed by atoms with Gasteiger partial charge in [0.25, 0.3) is 0 Å². The van der Waals surface area contributed by atoms with Crippen LogP contribution in [-0.2, 0) is 0 Å². The van der Waals surface area contributed by atoms with Gasteiger partial charge in [-0.1, -0.05) is 26.2 Å². The fourth-order valence-electron chi connectivity index (χ4n) is 1.49. The summed E-state index contributed by atoms with van der Waals surface area (Å²) in [7, 11) is 0. The van der Waals surface area contributed by atoms with E-state index < -0.39 is 0 Å². The molecule has 0 amide bonds. The highest BCUT2D eigenvalue weighted by atomic mass is 35.5. The van der Waals surface area contributed by atoms with Crippen LogP contribution in [-0.4, -0.2) is 16.0 Å². The maximum absolute atomic E-state index is 5.75. The predicted molar refractivity (Wildman–Crippen MR) is 68.7 cm³/mol. The van der Waals surface area contributed by atoms with Crippen LogP contribution in [0.15, 0.2) is 6.20 Å². The van der Waals surface area contributed by atoms with E-state index in [9.17, 15) is 0 Å². The van der Waals surface area contributed by atoms with Crippen molar-refractivity contribution in [1.29, 1.82) is 0 Å². The molecule has 0 spiro atoms. The molecule has 1 aromatic heterocycles. The largest absolute Gasteiger partial charge is 0.394 e. The molecule has 0 aliphatic carbocycles. The third-order valence-electron chi connectivity index (χ3n) is 2.41. The molecule has 90 valence electrons. The van der Waals surface area contributed by atoms with E-state index in [4.69, 9.17) is 17.3 Å². The lowest BCUT2D eigenvalue weighted by atomic mass is 10.1. The summed E-state index contributed by atoms with van der Waals surface area (Å²) in [5, 5.41) is 3.47. The molecule has 0 aliphatic heterocycles. The molecule has 1 unspecified atom stereocenters. The molecule has 0 fully saturated rings. The minimum Gasteiger partial charge on any atom is -0.394 e. The first-order valence-corrected chi connectivity index (χ1v) is 6.05. The van der Waals surface area contributed by atoms with Gasteiger partial charge in [-0.3, -0.25) is 0 Å². The van der Waals surface area contributed by atoms with Gasteiger partial charge in [-0.05, 0) is 24.9 Å². The average molecular weight is 243 g/mol. The van der Waals surface area contributed by atoms with Gasteiger partial charge in [-0.2, -0.15) is 4.98 Å². The van der Waals surface area contributed by atoms with E-state index in [1.165, 1.54) is 25.5 Å². The minimum absolute atomic E-state index is 0.220. The second-order valence-electron chi connectivity index (χ2n) is 3.98. The Morgan fingerprint density at radius 2 is 2.25 bits per heavy atom. The lowest BCUT2D eigenvalue weighted by molar-refractivity contribution is 0.614. The van der Waals surface area contributed by atoms with E-state index in [1.807, 2.05) is 0 Å². The predicted octanol–water partition coefficient (Wildman–Crippen LogP) is 3.09. The Kier molecular flexibility index (Phi) is 5.32. The highest BCUT2D eigenvalue weighted by Crippen LogP contribution is 2.18. The average Bonchev–Trinajstić information content (AvgIpc) is 2.24. The van der Waals surface area contributed by atoms with Gasteiger partial charge in [0.2, 0.25) is 5.28 Å². The SMILES string of the molecule is CCCCCC(C)Nc1nc(Cl)ncc1N. The van der Waals surface area contributed by atoms with Crippen LogP contribution in [0.25, 0.3) is 0 Å². The Bertz CT molecular complexity index is 330. The van der Waals surface area contributed by atoms with E-state index in [-0.39, 0.29) is 5.28 Å². The molecule has 1 heterocycles. The maximum Gasteiger partial charge on any atom is 0.224 e. The number of hydrogen-bond donors (Lipinski definition) is 2. The van der Waals surface area contributed by atoms with Gasteiger partial charge in [0.15, 0.2) is 5.82 Å². The number of rotatable bonds is 6. The number of aromatic nitrogens is 2. The first-order chi connectivity index (χ1) is 7.63. The summed E-state index contributed by atoms with van der Waals surface area (Å²) in [6.45, 7) is 4.31. The lowest BCUT2D eigenvalue weighted by Gasteiger charge is -2.15. The summed E-state index contributed by atoms with van der Waals surface area (Å²) in [5.41, 5.74) is 6.28. The first-order valence-electron chi connectivity index (χ1n) is 5.68. The summed E-state index contributed by atoms with van der Waals surface area (Å²) in [4.78, 5) is 7.87. The summed E-state index contributed by atoms with van der Waals surface area (Å²) in [6, 6.07) is 0.347. The van der Waals surface area contributed by atoms with Crippen molar-refractivity contribution in [3.63, 3.8) is 0 Å². The lowest BCUT2D eigenvalue weighted by Crippen LogP contribution is -2.17. The number of hydrogen-bond acceptors (Lipinski definition) is 4. The number of nitrogens with one attached hydrogen (secondary N) is 1. The molecular weight excluding hydrogens is 224 g/mol. The van der Waals surface area contributed by atoms with Crippen molar-refractivity contribution < 1.29 is 0 Å². The molecule has 0 aromatic carbocycles. The van der Waals surface area contributed by atoms with Crippen molar-refractivity contribution in [2.45, 2.75) is 45.6 Å². The highest BCUT2D eigenvalue weighted by Gasteiger charge is 2.07. The Morgan fingerprint density at radius 1 is 1.50 bits per heavy atom. The van der Waals surface area contributed by atoms with Crippen LogP contribution in [0.3, 0.4) is 0 Å². The Morgan fingerprint density at radius 3 is 2.94 bits per heavy atom. The van der Waals surface area contributed by atoms with Crippen molar-refractivity contribution in [1.82, 2.24) is 9.97 Å². The number of nitrogen functional groups attached to an aromatic ring is 1. The zero-order valence-corrected chi connectivity index (χ0v) is 10.6. The maximum atomic E-state index is 5.75. The summed E-state index contributed by atoms with van der Waals surface area (Å²) >= 11 is 5.71. The number of nitrogens with two attached hydrogens (primary N) is 1. The molecule has 4 nitrogen and oxygen atoms in total. The molecule has 0 saturated heterocycles. The molecule has 1 aromatic rings.